The number of hydrogen-bond acceptors (Lipinski definition) is 6. The van der Waals surface area contributed by atoms with Gasteiger partial charge in [0.2, 0.25) is 5.91 Å². The Kier molecular flexibility index (Phi) is 6.22. The molecule has 1 aromatic carbocycles. The molecule has 0 aliphatic carbocycles. The third-order valence-corrected chi connectivity index (χ3v) is 5.19. The van der Waals surface area contributed by atoms with E-state index >= 15 is 0 Å². The maximum atomic E-state index is 12.3. The maximum Gasteiger partial charge on any atom is 0.250 e. The third kappa shape index (κ3) is 4.94. The summed E-state index contributed by atoms with van der Waals surface area (Å²) in [5.74, 6) is 1.20. The molecule has 8 nitrogen and oxygen atoms in total. The number of benzene rings is 1. The molecule has 3 aromatic rings. The number of amides is 1. The molecule has 4 rings (SSSR count). The number of carbonyl (C=O) groups excluding carboxylic acids is 1. The summed E-state index contributed by atoms with van der Waals surface area (Å²) >= 11 is 0. The van der Waals surface area contributed by atoms with Crippen LogP contribution < -0.4 is 15.0 Å². The highest BCUT2D eigenvalue weighted by Gasteiger charge is 2.13. The number of methoxy groups -OCH3 is 1. The lowest BCUT2D eigenvalue weighted by molar-refractivity contribution is -0.116. The first kappa shape index (κ1) is 19.9. The molecular formula is C22H26N6O2. The number of nitrogens with zero attached hydrogens (tertiary/aromatic N) is 5. The average molecular weight is 406 g/mol. The summed E-state index contributed by atoms with van der Waals surface area (Å²) < 4.78 is 6.78. The van der Waals surface area contributed by atoms with Crippen molar-refractivity contribution in [1.29, 1.82) is 0 Å². The second-order valence-electron chi connectivity index (χ2n) is 7.36. The molecule has 1 saturated heterocycles. The first-order chi connectivity index (χ1) is 14.7. The van der Waals surface area contributed by atoms with Crippen molar-refractivity contribution in [3.63, 3.8) is 0 Å². The number of nitrogens with one attached hydrogen (secondary N) is 1. The highest BCUT2D eigenvalue weighted by molar-refractivity contribution is 5.90. The Hall–Kier alpha value is -3.42. The Morgan fingerprint density at radius 2 is 1.93 bits per heavy atom. The minimum atomic E-state index is -0.0706. The summed E-state index contributed by atoms with van der Waals surface area (Å²) in [6.45, 7) is 2.10. The van der Waals surface area contributed by atoms with Crippen molar-refractivity contribution in [3.05, 3.63) is 54.6 Å². The van der Waals surface area contributed by atoms with Gasteiger partial charge in [0.15, 0.2) is 0 Å². The Morgan fingerprint density at radius 1 is 1.13 bits per heavy atom. The fourth-order valence-corrected chi connectivity index (χ4v) is 3.55. The predicted octanol–water partition coefficient (Wildman–Crippen LogP) is 3.23. The van der Waals surface area contributed by atoms with Gasteiger partial charge in [-0.05, 0) is 43.4 Å². The van der Waals surface area contributed by atoms with Gasteiger partial charge in [-0.2, -0.15) is 5.10 Å². The van der Waals surface area contributed by atoms with Crippen molar-refractivity contribution in [2.75, 3.05) is 30.4 Å². The van der Waals surface area contributed by atoms with E-state index in [1.807, 2.05) is 36.7 Å². The average Bonchev–Trinajstić information content (AvgIpc) is 3.27. The van der Waals surface area contributed by atoms with E-state index in [0.717, 1.165) is 30.1 Å². The number of ether oxygens (including phenoxy) is 1. The van der Waals surface area contributed by atoms with Gasteiger partial charge in [0, 0.05) is 19.5 Å². The van der Waals surface area contributed by atoms with Crippen LogP contribution in [0.15, 0.2) is 49.1 Å². The molecule has 0 unspecified atom stereocenters. The van der Waals surface area contributed by atoms with Crippen LogP contribution in [0.4, 0.5) is 11.4 Å². The molecule has 3 heterocycles. The Balaban J connectivity index is 1.32. The van der Waals surface area contributed by atoms with Crippen molar-refractivity contribution in [3.8, 4) is 11.7 Å². The zero-order valence-corrected chi connectivity index (χ0v) is 17.1. The molecule has 0 saturated carbocycles. The number of aromatic nitrogens is 4. The molecular weight excluding hydrogens is 380 g/mol. The largest absolute Gasteiger partial charge is 0.497 e. The zero-order chi connectivity index (χ0) is 20.8. The number of rotatable bonds is 7. The minimum Gasteiger partial charge on any atom is -0.497 e. The summed E-state index contributed by atoms with van der Waals surface area (Å²) in [5.41, 5.74) is 2.72. The number of anilines is 2. The van der Waals surface area contributed by atoms with Crippen molar-refractivity contribution in [1.82, 2.24) is 19.7 Å². The molecule has 156 valence electrons. The van der Waals surface area contributed by atoms with Crippen LogP contribution in [0.25, 0.3) is 5.95 Å². The molecule has 0 bridgehead atoms. The fourth-order valence-electron chi connectivity index (χ4n) is 3.55. The van der Waals surface area contributed by atoms with Crippen LogP contribution in [-0.4, -0.2) is 45.9 Å². The normalized spacial score (nSPS) is 13.8. The van der Waals surface area contributed by atoms with Crippen LogP contribution in [-0.2, 0) is 11.2 Å². The zero-order valence-electron chi connectivity index (χ0n) is 17.1. The molecule has 8 heteroatoms. The van der Waals surface area contributed by atoms with Crippen LogP contribution in [0.2, 0.25) is 0 Å². The van der Waals surface area contributed by atoms with Crippen molar-refractivity contribution < 1.29 is 9.53 Å². The molecule has 1 aliphatic rings. The van der Waals surface area contributed by atoms with E-state index in [4.69, 9.17) is 4.74 Å². The highest BCUT2D eigenvalue weighted by atomic mass is 16.5. The van der Waals surface area contributed by atoms with Crippen molar-refractivity contribution >= 4 is 17.3 Å². The molecule has 1 fully saturated rings. The topological polar surface area (TPSA) is 85.2 Å². The minimum absolute atomic E-state index is 0.0706. The van der Waals surface area contributed by atoms with Crippen molar-refractivity contribution in [2.45, 2.75) is 32.1 Å². The smallest absolute Gasteiger partial charge is 0.250 e. The first-order valence-electron chi connectivity index (χ1n) is 10.3. The summed E-state index contributed by atoms with van der Waals surface area (Å²) in [5, 5.41) is 7.15. The summed E-state index contributed by atoms with van der Waals surface area (Å²) in [6.07, 6.45) is 11.7. The van der Waals surface area contributed by atoms with Crippen LogP contribution in [0.1, 0.15) is 31.2 Å². The monoisotopic (exact) mass is 406 g/mol. The third-order valence-electron chi connectivity index (χ3n) is 5.19. The van der Waals surface area contributed by atoms with Gasteiger partial charge in [0.25, 0.3) is 5.95 Å². The van der Waals surface area contributed by atoms with E-state index in [0.29, 0.717) is 24.5 Å². The van der Waals surface area contributed by atoms with Gasteiger partial charge in [-0.15, -0.1) is 0 Å². The quantitative estimate of drug-likeness (QED) is 0.648. The van der Waals surface area contributed by atoms with Crippen LogP contribution in [0, 0.1) is 0 Å². The Bertz CT molecular complexity index is 979. The van der Waals surface area contributed by atoms with Gasteiger partial charge >= 0.3 is 0 Å². The molecule has 0 atom stereocenters. The van der Waals surface area contributed by atoms with E-state index in [2.05, 4.69) is 25.3 Å². The predicted molar refractivity (Wildman–Crippen MR) is 115 cm³/mol. The van der Waals surface area contributed by atoms with Crippen LogP contribution in [0.3, 0.4) is 0 Å². The number of piperidine rings is 1. The molecule has 30 heavy (non-hydrogen) atoms. The number of hydrogen-bond donors (Lipinski definition) is 1. The molecule has 1 N–H and O–H groups in total. The first-order valence-corrected chi connectivity index (χ1v) is 10.3. The molecule has 2 aromatic heterocycles. The van der Waals surface area contributed by atoms with Crippen LogP contribution >= 0.6 is 0 Å². The molecule has 0 spiro atoms. The number of aryl methyl sites for hydroxylation is 1. The maximum absolute atomic E-state index is 12.3. The van der Waals surface area contributed by atoms with Gasteiger partial charge in [0.05, 0.1) is 43.3 Å². The second kappa shape index (κ2) is 9.39. The summed E-state index contributed by atoms with van der Waals surface area (Å²) in [7, 11) is 1.63. The molecule has 1 aliphatic heterocycles. The van der Waals surface area contributed by atoms with E-state index in [9.17, 15) is 4.79 Å². The van der Waals surface area contributed by atoms with E-state index in [1.165, 1.54) is 19.3 Å². The SMILES string of the molecule is COc1cccc(CCC(=O)Nc2cnn(-c3ncc(N4CCCCC4)cn3)c2)c1. The van der Waals surface area contributed by atoms with Gasteiger partial charge in [-0.1, -0.05) is 12.1 Å². The standard InChI is InChI=1S/C22H26N6O2/c1-30-20-7-5-6-17(12-20)8-9-21(29)26-18-13-25-28(16-18)22-23-14-19(15-24-22)27-10-3-2-4-11-27/h5-7,12-16H,2-4,8-11H2,1H3,(H,26,29). The van der Waals surface area contributed by atoms with Gasteiger partial charge < -0.3 is 15.0 Å². The molecule has 0 radical (unpaired) electrons. The lowest BCUT2D eigenvalue weighted by atomic mass is 10.1. The second-order valence-corrected chi connectivity index (χ2v) is 7.36. The number of carbonyl (C=O) groups is 1. The van der Waals surface area contributed by atoms with Gasteiger partial charge in [-0.25, -0.2) is 14.6 Å². The van der Waals surface area contributed by atoms with Gasteiger partial charge in [-0.3, -0.25) is 4.79 Å². The van der Waals surface area contributed by atoms with Gasteiger partial charge in [0.1, 0.15) is 5.75 Å². The van der Waals surface area contributed by atoms with E-state index in [-0.39, 0.29) is 5.91 Å². The summed E-state index contributed by atoms with van der Waals surface area (Å²) in [4.78, 5) is 23.5. The van der Waals surface area contributed by atoms with E-state index in [1.54, 1.807) is 24.2 Å². The fraction of sp³-hybridized carbons (Fsp3) is 0.364. The summed E-state index contributed by atoms with van der Waals surface area (Å²) in [6, 6.07) is 7.74. The molecule has 1 amide bonds. The van der Waals surface area contributed by atoms with E-state index < -0.39 is 0 Å². The lowest BCUT2D eigenvalue weighted by Gasteiger charge is -2.28. The Morgan fingerprint density at radius 3 is 2.70 bits per heavy atom. The Labute approximate surface area is 175 Å². The lowest BCUT2D eigenvalue weighted by Crippen LogP contribution is -2.29. The van der Waals surface area contributed by atoms with Crippen LogP contribution in [0.5, 0.6) is 5.75 Å². The van der Waals surface area contributed by atoms with Crippen molar-refractivity contribution in [2.24, 2.45) is 0 Å². The highest BCUT2D eigenvalue weighted by Crippen LogP contribution is 2.19.